The smallest absolute Gasteiger partial charge is 0.143 e. The van der Waals surface area contributed by atoms with Crippen LogP contribution in [-0.2, 0) is 0 Å². The van der Waals surface area contributed by atoms with E-state index < -0.39 is 5.82 Å². The number of halogens is 1. The quantitative estimate of drug-likeness (QED) is 0.405. The van der Waals surface area contributed by atoms with Crippen LogP contribution in [0.4, 0.5) is 10.1 Å². The highest BCUT2D eigenvalue weighted by molar-refractivity contribution is 5.82. The molecular weight excluding hydrogens is 173 g/mol. The first-order chi connectivity index (χ1) is 6.33. The van der Waals surface area contributed by atoms with Crippen LogP contribution >= 0.6 is 0 Å². The Balaban J connectivity index is 2.80. The lowest BCUT2D eigenvalue weighted by Gasteiger charge is -1.94. The number of nitrogens with one attached hydrogen (secondary N) is 1. The van der Waals surface area contributed by atoms with Crippen molar-refractivity contribution < 1.29 is 4.39 Å². The lowest BCUT2D eigenvalue weighted by atomic mass is 10.2. The molecule has 0 saturated heterocycles. The van der Waals surface area contributed by atoms with Gasteiger partial charge < -0.3 is 0 Å². The van der Waals surface area contributed by atoms with Gasteiger partial charge in [0.1, 0.15) is 5.82 Å². The molecule has 0 spiro atoms. The van der Waals surface area contributed by atoms with Crippen LogP contribution in [0.2, 0.25) is 0 Å². The summed E-state index contributed by atoms with van der Waals surface area (Å²) in [6.45, 7) is 0. The third-order valence-electron chi connectivity index (χ3n) is 1.69. The summed E-state index contributed by atoms with van der Waals surface area (Å²) in [7, 11) is 0. The van der Waals surface area contributed by atoms with Gasteiger partial charge in [0.2, 0.25) is 0 Å². The molecule has 1 aromatic heterocycles. The van der Waals surface area contributed by atoms with Crippen LogP contribution in [0.25, 0.3) is 21.3 Å². The second-order valence-corrected chi connectivity index (χ2v) is 2.42. The second-order valence-electron chi connectivity index (χ2n) is 2.42. The van der Waals surface area contributed by atoms with E-state index in [9.17, 15) is 4.39 Å². The Kier molecular flexibility index (Phi) is 1.61. The summed E-state index contributed by atoms with van der Waals surface area (Å²) in [5.74, 6) is -0.552. The molecule has 2 rings (SSSR count). The van der Waals surface area contributed by atoms with E-state index in [2.05, 4.69) is 20.2 Å². The number of benzene rings is 1. The highest BCUT2D eigenvalue weighted by atomic mass is 19.1. The minimum atomic E-state index is -0.552. The molecule has 0 atom stereocenters. The van der Waals surface area contributed by atoms with E-state index in [1.54, 1.807) is 6.07 Å². The van der Waals surface area contributed by atoms with Crippen LogP contribution < -0.4 is 0 Å². The molecule has 13 heavy (non-hydrogen) atoms. The molecule has 0 bridgehead atoms. The summed E-state index contributed by atoms with van der Waals surface area (Å²) in [6, 6.07) is 3.00. The molecule has 0 radical (unpaired) electrons. The maximum Gasteiger partial charge on any atom is 0.143 e. The van der Waals surface area contributed by atoms with Crippen molar-refractivity contribution in [3.8, 4) is 0 Å². The SMILES string of the molecule is [N-]=[N+]=Nc1ccc2[nH]ncc2c1F. The van der Waals surface area contributed by atoms with E-state index in [4.69, 9.17) is 5.53 Å². The lowest BCUT2D eigenvalue weighted by Crippen LogP contribution is -1.76. The van der Waals surface area contributed by atoms with E-state index in [0.717, 1.165) is 0 Å². The fourth-order valence-electron chi connectivity index (χ4n) is 1.10. The number of hydrogen-bond acceptors (Lipinski definition) is 2. The number of fused-ring (bicyclic) bond motifs is 1. The van der Waals surface area contributed by atoms with Crippen LogP contribution in [0, 0.1) is 5.82 Å². The maximum absolute atomic E-state index is 13.4. The predicted molar refractivity (Wildman–Crippen MR) is 44.9 cm³/mol. The molecule has 0 aliphatic carbocycles. The molecule has 5 nitrogen and oxygen atoms in total. The van der Waals surface area contributed by atoms with E-state index in [0.29, 0.717) is 10.9 Å². The number of hydrogen-bond donors (Lipinski definition) is 1. The number of rotatable bonds is 1. The largest absolute Gasteiger partial charge is 0.278 e. The molecule has 1 N–H and O–H groups in total. The standard InChI is InChI=1S/C7H4FN5/c8-7-4-3-10-11-5(4)1-2-6(7)12-13-9/h1-3H,(H,10,11). The maximum atomic E-state index is 13.4. The molecule has 0 aliphatic rings. The highest BCUT2D eigenvalue weighted by Crippen LogP contribution is 2.24. The zero-order valence-electron chi connectivity index (χ0n) is 6.40. The van der Waals surface area contributed by atoms with Crippen molar-refractivity contribution >= 4 is 16.6 Å². The zero-order valence-corrected chi connectivity index (χ0v) is 6.40. The highest BCUT2D eigenvalue weighted by Gasteiger charge is 2.06. The van der Waals surface area contributed by atoms with Gasteiger partial charge in [-0.15, -0.1) is 0 Å². The van der Waals surface area contributed by atoms with Gasteiger partial charge in [-0.25, -0.2) is 4.39 Å². The van der Waals surface area contributed by atoms with Crippen molar-refractivity contribution in [2.75, 3.05) is 0 Å². The first-order valence-electron chi connectivity index (χ1n) is 3.49. The summed E-state index contributed by atoms with van der Waals surface area (Å²) in [6.07, 6.45) is 1.35. The minimum absolute atomic E-state index is 0.0172. The van der Waals surface area contributed by atoms with Crippen LogP contribution in [0.15, 0.2) is 23.4 Å². The summed E-state index contributed by atoms with van der Waals surface area (Å²) >= 11 is 0. The predicted octanol–water partition coefficient (Wildman–Crippen LogP) is 2.64. The first kappa shape index (κ1) is 7.57. The summed E-state index contributed by atoms with van der Waals surface area (Å²) in [5, 5.41) is 9.79. The van der Waals surface area contributed by atoms with Crippen LogP contribution in [0.1, 0.15) is 0 Å². The molecule has 0 aliphatic heterocycles. The Labute approximate surface area is 71.8 Å². The molecule has 2 aromatic rings. The van der Waals surface area contributed by atoms with E-state index >= 15 is 0 Å². The van der Waals surface area contributed by atoms with Crippen molar-refractivity contribution in [2.24, 2.45) is 5.11 Å². The molecule has 6 heteroatoms. The molecule has 1 aromatic carbocycles. The minimum Gasteiger partial charge on any atom is -0.278 e. The van der Waals surface area contributed by atoms with E-state index in [1.165, 1.54) is 12.3 Å². The summed E-state index contributed by atoms with van der Waals surface area (Å²) in [5.41, 5.74) is 8.70. The van der Waals surface area contributed by atoms with Crippen molar-refractivity contribution in [1.29, 1.82) is 0 Å². The molecule has 0 unspecified atom stereocenters. The van der Waals surface area contributed by atoms with Gasteiger partial charge in [0.15, 0.2) is 0 Å². The molecule has 0 saturated carbocycles. The number of azide groups is 1. The van der Waals surface area contributed by atoms with Gasteiger partial charge in [-0.3, -0.25) is 5.10 Å². The Morgan fingerprint density at radius 1 is 1.54 bits per heavy atom. The fraction of sp³-hybridized carbons (Fsp3) is 0. The number of H-pyrrole nitrogens is 1. The van der Waals surface area contributed by atoms with Crippen molar-refractivity contribution in [2.45, 2.75) is 0 Å². The average molecular weight is 177 g/mol. The molecule has 0 amide bonds. The van der Waals surface area contributed by atoms with Gasteiger partial charge in [0.05, 0.1) is 22.8 Å². The number of aromatic nitrogens is 2. The van der Waals surface area contributed by atoms with Crippen LogP contribution in [0.5, 0.6) is 0 Å². The number of aromatic amines is 1. The molecular formula is C7H4FN5. The van der Waals surface area contributed by atoms with Crippen molar-refractivity contribution in [1.82, 2.24) is 10.2 Å². The Morgan fingerprint density at radius 3 is 3.15 bits per heavy atom. The third kappa shape index (κ3) is 1.09. The lowest BCUT2D eigenvalue weighted by molar-refractivity contribution is 0.641. The van der Waals surface area contributed by atoms with Gasteiger partial charge in [0, 0.05) is 4.91 Å². The Hall–Kier alpha value is -2.07. The van der Waals surface area contributed by atoms with E-state index in [-0.39, 0.29) is 5.69 Å². The van der Waals surface area contributed by atoms with E-state index in [1.807, 2.05) is 0 Å². The van der Waals surface area contributed by atoms with Crippen LogP contribution in [0.3, 0.4) is 0 Å². The Bertz CT molecular complexity index is 497. The normalized spacial score (nSPS) is 9.92. The number of nitrogens with zero attached hydrogens (tertiary/aromatic N) is 4. The monoisotopic (exact) mass is 177 g/mol. The van der Waals surface area contributed by atoms with Crippen molar-refractivity contribution in [3.05, 3.63) is 34.6 Å². The zero-order chi connectivity index (χ0) is 9.26. The average Bonchev–Trinajstić information content (AvgIpc) is 2.58. The van der Waals surface area contributed by atoms with Gasteiger partial charge >= 0.3 is 0 Å². The fourth-order valence-corrected chi connectivity index (χ4v) is 1.10. The Morgan fingerprint density at radius 2 is 2.38 bits per heavy atom. The second kappa shape index (κ2) is 2.76. The topological polar surface area (TPSA) is 77.4 Å². The third-order valence-corrected chi connectivity index (χ3v) is 1.69. The molecule has 64 valence electrons. The molecule has 1 heterocycles. The summed E-state index contributed by atoms with van der Waals surface area (Å²) < 4.78 is 13.4. The van der Waals surface area contributed by atoms with Crippen LogP contribution in [-0.4, -0.2) is 10.2 Å². The summed E-state index contributed by atoms with van der Waals surface area (Å²) in [4.78, 5) is 2.51. The molecule has 0 fully saturated rings. The van der Waals surface area contributed by atoms with Gasteiger partial charge in [-0.2, -0.15) is 5.10 Å². The van der Waals surface area contributed by atoms with Gasteiger partial charge in [-0.05, 0) is 17.7 Å². The van der Waals surface area contributed by atoms with Gasteiger partial charge in [-0.1, -0.05) is 5.11 Å². The first-order valence-corrected chi connectivity index (χ1v) is 3.49. The van der Waals surface area contributed by atoms with Crippen molar-refractivity contribution in [3.63, 3.8) is 0 Å². The van der Waals surface area contributed by atoms with Gasteiger partial charge in [0.25, 0.3) is 0 Å².